The van der Waals surface area contributed by atoms with E-state index >= 15 is 0 Å². The van der Waals surface area contributed by atoms with E-state index in [2.05, 4.69) is 12.0 Å². The molecule has 0 aromatic carbocycles. The van der Waals surface area contributed by atoms with Gasteiger partial charge < -0.3 is 4.57 Å². The third-order valence-electron chi connectivity index (χ3n) is 1.25. The third-order valence-corrected chi connectivity index (χ3v) is 1.25. The molecular formula is C6H9N2. The summed E-state index contributed by atoms with van der Waals surface area (Å²) in [6.07, 6.45) is 1.81. The number of aryl methyl sites for hydroxylation is 2. The van der Waals surface area contributed by atoms with Gasteiger partial charge >= 0.3 is 0 Å². The first kappa shape index (κ1) is 5.35. The number of aromatic nitrogens is 2. The van der Waals surface area contributed by atoms with E-state index in [1.165, 1.54) is 0 Å². The molecule has 0 aliphatic heterocycles. The van der Waals surface area contributed by atoms with Crippen molar-refractivity contribution in [3.05, 3.63) is 24.8 Å². The molecule has 0 fully saturated rings. The van der Waals surface area contributed by atoms with Crippen LogP contribution in [0.1, 0.15) is 11.5 Å². The van der Waals surface area contributed by atoms with Gasteiger partial charge in [-0.3, -0.25) is 0 Å². The SMILES string of the molecule is [CH2]n1c(C)cnc1C. The monoisotopic (exact) mass is 109 g/mol. The maximum absolute atomic E-state index is 4.02. The van der Waals surface area contributed by atoms with Crippen LogP contribution in [0.2, 0.25) is 0 Å². The van der Waals surface area contributed by atoms with Crippen LogP contribution in [0.4, 0.5) is 0 Å². The first-order valence-corrected chi connectivity index (χ1v) is 2.53. The van der Waals surface area contributed by atoms with Crippen molar-refractivity contribution in [2.24, 2.45) is 0 Å². The van der Waals surface area contributed by atoms with E-state index in [1.807, 2.05) is 20.0 Å². The fourth-order valence-corrected chi connectivity index (χ4v) is 0.581. The number of hydrogen-bond acceptors (Lipinski definition) is 1. The van der Waals surface area contributed by atoms with Crippen molar-refractivity contribution >= 4 is 0 Å². The Balaban J connectivity index is 3.19. The minimum atomic E-state index is 0.961. The molecule has 0 saturated carbocycles. The Morgan fingerprint density at radius 1 is 1.62 bits per heavy atom. The van der Waals surface area contributed by atoms with Crippen LogP contribution in [0, 0.1) is 20.9 Å². The van der Waals surface area contributed by atoms with Gasteiger partial charge in [-0.2, -0.15) is 0 Å². The van der Waals surface area contributed by atoms with Gasteiger partial charge in [0.15, 0.2) is 0 Å². The minimum Gasteiger partial charge on any atom is -0.331 e. The highest BCUT2D eigenvalue weighted by Gasteiger charge is 1.92. The molecule has 1 aromatic heterocycles. The molecule has 0 atom stereocenters. The summed E-state index contributed by atoms with van der Waals surface area (Å²) in [4.78, 5) is 4.02. The van der Waals surface area contributed by atoms with Crippen LogP contribution >= 0.6 is 0 Å². The van der Waals surface area contributed by atoms with Gasteiger partial charge in [-0.15, -0.1) is 0 Å². The summed E-state index contributed by atoms with van der Waals surface area (Å²) in [7, 11) is 3.73. The Kier molecular flexibility index (Phi) is 1.08. The van der Waals surface area contributed by atoms with Gasteiger partial charge in [0.05, 0.1) is 0 Å². The van der Waals surface area contributed by atoms with Crippen molar-refractivity contribution in [3.63, 3.8) is 0 Å². The molecule has 0 aliphatic rings. The van der Waals surface area contributed by atoms with Crippen LogP contribution in [0.3, 0.4) is 0 Å². The summed E-state index contributed by atoms with van der Waals surface area (Å²) in [6, 6.07) is 0. The summed E-state index contributed by atoms with van der Waals surface area (Å²) in [5, 5.41) is 0. The third kappa shape index (κ3) is 0.619. The van der Waals surface area contributed by atoms with E-state index in [0.29, 0.717) is 0 Å². The van der Waals surface area contributed by atoms with Crippen molar-refractivity contribution in [3.8, 4) is 0 Å². The van der Waals surface area contributed by atoms with E-state index in [9.17, 15) is 0 Å². The maximum atomic E-state index is 4.02. The van der Waals surface area contributed by atoms with E-state index in [4.69, 9.17) is 0 Å². The fraction of sp³-hybridized carbons (Fsp3) is 0.333. The van der Waals surface area contributed by atoms with Crippen LogP contribution in [0.15, 0.2) is 6.20 Å². The quantitative estimate of drug-likeness (QED) is 0.488. The second kappa shape index (κ2) is 1.62. The molecule has 1 radical (unpaired) electrons. The maximum Gasteiger partial charge on any atom is 0.105 e. The summed E-state index contributed by atoms with van der Waals surface area (Å²) < 4.78 is 1.81. The Bertz CT molecular complexity index is 169. The topological polar surface area (TPSA) is 17.8 Å². The fourth-order valence-electron chi connectivity index (χ4n) is 0.581. The lowest BCUT2D eigenvalue weighted by Gasteiger charge is -1.93. The first-order chi connectivity index (χ1) is 3.72. The summed E-state index contributed by atoms with van der Waals surface area (Å²) in [5.74, 6) is 0.961. The van der Waals surface area contributed by atoms with Crippen molar-refractivity contribution in [1.29, 1.82) is 0 Å². The largest absolute Gasteiger partial charge is 0.331 e. The Morgan fingerprint density at radius 3 is 2.38 bits per heavy atom. The van der Waals surface area contributed by atoms with Crippen molar-refractivity contribution in [2.75, 3.05) is 0 Å². The zero-order valence-electron chi connectivity index (χ0n) is 5.18. The molecule has 0 unspecified atom stereocenters. The molecule has 2 heteroatoms. The predicted molar refractivity (Wildman–Crippen MR) is 32.5 cm³/mol. The van der Waals surface area contributed by atoms with Crippen molar-refractivity contribution in [2.45, 2.75) is 13.8 Å². The summed E-state index contributed by atoms with van der Waals surface area (Å²) in [5.41, 5.74) is 1.10. The minimum absolute atomic E-state index is 0.961. The van der Waals surface area contributed by atoms with Crippen LogP contribution in [0.5, 0.6) is 0 Å². The van der Waals surface area contributed by atoms with Crippen LogP contribution < -0.4 is 0 Å². The van der Waals surface area contributed by atoms with Crippen molar-refractivity contribution < 1.29 is 0 Å². The van der Waals surface area contributed by atoms with E-state index in [0.717, 1.165) is 11.5 Å². The van der Waals surface area contributed by atoms with Crippen LogP contribution in [-0.4, -0.2) is 9.55 Å². The van der Waals surface area contributed by atoms with Crippen LogP contribution in [-0.2, 0) is 0 Å². The van der Waals surface area contributed by atoms with E-state index in [1.54, 1.807) is 4.57 Å². The molecule has 0 saturated heterocycles. The molecule has 8 heavy (non-hydrogen) atoms. The lowest BCUT2D eigenvalue weighted by Crippen LogP contribution is -1.89. The molecule has 0 N–H and O–H groups in total. The average molecular weight is 109 g/mol. The number of nitrogens with zero attached hydrogens (tertiary/aromatic N) is 2. The number of rotatable bonds is 0. The summed E-state index contributed by atoms with van der Waals surface area (Å²) in [6.45, 7) is 3.91. The Labute approximate surface area is 49.2 Å². The highest BCUT2D eigenvalue weighted by atomic mass is 15.0. The Hall–Kier alpha value is -0.790. The molecule has 0 spiro atoms. The van der Waals surface area contributed by atoms with E-state index in [-0.39, 0.29) is 0 Å². The van der Waals surface area contributed by atoms with Gasteiger partial charge in [-0.1, -0.05) is 0 Å². The molecular weight excluding hydrogens is 100 g/mol. The average Bonchev–Trinajstić information content (AvgIpc) is 1.98. The smallest absolute Gasteiger partial charge is 0.105 e. The molecule has 1 rings (SSSR count). The zero-order valence-corrected chi connectivity index (χ0v) is 5.18. The molecule has 0 aliphatic carbocycles. The van der Waals surface area contributed by atoms with Gasteiger partial charge in [-0.25, -0.2) is 4.98 Å². The van der Waals surface area contributed by atoms with E-state index < -0.39 is 0 Å². The molecule has 0 amide bonds. The van der Waals surface area contributed by atoms with Crippen molar-refractivity contribution in [1.82, 2.24) is 9.55 Å². The second-order valence-electron chi connectivity index (χ2n) is 1.87. The second-order valence-corrected chi connectivity index (χ2v) is 1.87. The lowest BCUT2D eigenvalue weighted by atomic mass is 10.5. The highest BCUT2D eigenvalue weighted by molar-refractivity contribution is 5.02. The van der Waals surface area contributed by atoms with Gasteiger partial charge in [0.1, 0.15) is 5.82 Å². The molecule has 1 aromatic rings. The predicted octanol–water partition coefficient (Wildman–Crippen LogP) is 1.14. The normalized spacial score (nSPS) is 9.88. The lowest BCUT2D eigenvalue weighted by molar-refractivity contribution is 0.940. The van der Waals surface area contributed by atoms with Gasteiger partial charge in [-0.05, 0) is 13.8 Å². The number of imidazole rings is 1. The highest BCUT2D eigenvalue weighted by Crippen LogP contribution is 1.98. The molecule has 0 bridgehead atoms. The molecule has 1 heterocycles. The van der Waals surface area contributed by atoms with Gasteiger partial charge in [0, 0.05) is 18.9 Å². The van der Waals surface area contributed by atoms with Crippen LogP contribution in [0.25, 0.3) is 0 Å². The zero-order chi connectivity index (χ0) is 6.15. The summed E-state index contributed by atoms with van der Waals surface area (Å²) >= 11 is 0. The number of hydrogen-bond donors (Lipinski definition) is 0. The molecule has 43 valence electrons. The first-order valence-electron chi connectivity index (χ1n) is 2.53. The standard InChI is InChI=1S/C6H9N2/c1-5-4-7-6(2)8(5)3/h4H,3H2,1-2H3. The Morgan fingerprint density at radius 2 is 2.25 bits per heavy atom. The van der Waals surface area contributed by atoms with Gasteiger partial charge in [0.25, 0.3) is 0 Å². The molecule has 2 nitrogen and oxygen atoms in total. The van der Waals surface area contributed by atoms with Gasteiger partial charge in [0.2, 0.25) is 0 Å².